The van der Waals surface area contributed by atoms with Gasteiger partial charge in [0.15, 0.2) is 0 Å². The molecule has 3 aromatic rings. The van der Waals surface area contributed by atoms with Crippen molar-refractivity contribution in [3.05, 3.63) is 87.2 Å². The molecule has 6 heteroatoms. The summed E-state index contributed by atoms with van der Waals surface area (Å²) in [4.78, 5) is 10.8. The first-order chi connectivity index (χ1) is 14.3. The Balaban J connectivity index is 2.05. The van der Waals surface area contributed by atoms with Gasteiger partial charge in [-0.2, -0.15) is 10.5 Å². The van der Waals surface area contributed by atoms with Crippen LogP contribution in [0.5, 0.6) is 0 Å². The van der Waals surface area contributed by atoms with Crippen molar-refractivity contribution in [3.8, 4) is 23.3 Å². The minimum Gasteiger partial charge on any atom is -0.478 e. The summed E-state index contributed by atoms with van der Waals surface area (Å²) in [7, 11) is 0. The fourth-order valence-corrected chi connectivity index (χ4v) is 3.67. The van der Waals surface area contributed by atoms with E-state index in [2.05, 4.69) is 16.7 Å². The van der Waals surface area contributed by atoms with E-state index < -0.39 is 5.97 Å². The Labute approximate surface area is 179 Å². The van der Waals surface area contributed by atoms with E-state index >= 15 is 0 Å². The fraction of sp³-hybridized carbons (Fsp3) is 0.125. The molecule has 0 aliphatic carbocycles. The quantitative estimate of drug-likeness (QED) is 0.571. The van der Waals surface area contributed by atoms with Gasteiger partial charge in [0, 0.05) is 34.6 Å². The molecule has 30 heavy (non-hydrogen) atoms. The van der Waals surface area contributed by atoms with Gasteiger partial charge in [-0.05, 0) is 60.9 Å². The zero-order valence-electron chi connectivity index (χ0n) is 16.5. The van der Waals surface area contributed by atoms with Gasteiger partial charge < -0.3 is 9.67 Å². The highest BCUT2D eigenvalue weighted by atomic mass is 35.5. The molecule has 0 spiro atoms. The Bertz CT molecular complexity index is 1240. The summed E-state index contributed by atoms with van der Waals surface area (Å²) in [6.07, 6.45) is 2.51. The van der Waals surface area contributed by atoms with Gasteiger partial charge in [-0.1, -0.05) is 29.8 Å². The van der Waals surface area contributed by atoms with Crippen LogP contribution >= 0.6 is 11.6 Å². The number of rotatable bonds is 5. The van der Waals surface area contributed by atoms with E-state index in [0.29, 0.717) is 28.3 Å². The van der Waals surface area contributed by atoms with E-state index in [1.54, 1.807) is 18.2 Å². The first kappa shape index (κ1) is 20.9. The van der Waals surface area contributed by atoms with Gasteiger partial charge >= 0.3 is 5.97 Å². The van der Waals surface area contributed by atoms with Crippen LogP contribution in [0.1, 0.15) is 33.6 Å². The Morgan fingerprint density at radius 3 is 2.40 bits per heavy atom. The lowest BCUT2D eigenvalue weighted by atomic mass is 10.0. The third-order valence-electron chi connectivity index (χ3n) is 5.00. The summed E-state index contributed by atoms with van der Waals surface area (Å²) in [5, 5.41) is 28.1. The summed E-state index contributed by atoms with van der Waals surface area (Å²) in [5.41, 5.74) is 6.21. The van der Waals surface area contributed by atoms with Crippen LogP contribution in [0.3, 0.4) is 0 Å². The van der Waals surface area contributed by atoms with Crippen molar-refractivity contribution in [1.82, 2.24) is 4.57 Å². The monoisotopic (exact) mass is 415 g/mol. The number of aromatic nitrogens is 1. The number of halogens is 1. The number of carbonyl (C=O) groups is 1. The van der Waals surface area contributed by atoms with E-state index in [0.717, 1.165) is 34.2 Å². The van der Waals surface area contributed by atoms with Gasteiger partial charge in [0.1, 0.15) is 6.07 Å². The van der Waals surface area contributed by atoms with Crippen LogP contribution in [-0.2, 0) is 11.3 Å². The molecular weight excluding hydrogens is 398 g/mol. The van der Waals surface area contributed by atoms with E-state index in [-0.39, 0.29) is 0 Å². The van der Waals surface area contributed by atoms with Crippen molar-refractivity contribution in [2.75, 3.05) is 0 Å². The summed E-state index contributed by atoms with van der Waals surface area (Å²) in [6.45, 7) is 4.37. The minimum atomic E-state index is -1.04. The first-order valence-electron chi connectivity index (χ1n) is 9.15. The molecule has 1 aromatic heterocycles. The maximum absolute atomic E-state index is 10.8. The smallest absolute Gasteiger partial charge is 0.328 e. The van der Waals surface area contributed by atoms with E-state index in [1.807, 2.05) is 38.1 Å². The fourth-order valence-electron chi connectivity index (χ4n) is 3.48. The van der Waals surface area contributed by atoms with Crippen molar-refractivity contribution in [2.45, 2.75) is 20.4 Å². The molecule has 0 bridgehead atoms. The number of carboxylic acid groups (broad SMARTS) is 1. The van der Waals surface area contributed by atoms with Crippen LogP contribution in [0, 0.1) is 36.5 Å². The number of nitriles is 2. The zero-order valence-corrected chi connectivity index (χ0v) is 17.2. The van der Waals surface area contributed by atoms with Crippen molar-refractivity contribution in [1.29, 1.82) is 10.5 Å². The van der Waals surface area contributed by atoms with Gasteiger partial charge in [-0.15, -0.1) is 0 Å². The molecule has 0 aliphatic heterocycles. The standard InChI is InChI=1S/C24H18ClN3O2/c1-15-21(13-27)24(19-6-3-17(12-26)4-7-19)16(2)28(15)14-18-5-9-22(25)20(11-18)8-10-23(29)30/h3-11H,14H2,1-2H3,(H,29,30). The van der Waals surface area contributed by atoms with Crippen LogP contribution in [0.4, 0.5) is 0 Å². The molecular formula is C24H18ClN3O2. The molecule has 2 aromatic carbocycles. The number of benzene rings is 2. The summed E-state index contributed by atoms with van der Waals surface area (Å²) in [6, 6.07) is 17.0. The zero-order chi connectivity index (χ0) is 21.8. The number of nitrogens with zero attached hydrogens (tertiary/aromatic N) is 3. The summed E-state index contributed by atoms with van der Waals surface area (Å²) >= 11 is 6.18. The second-order valence-corrected chi connectivity index (χ2v) is 7.24. The Kier molecular flexibility index (Phi) is 6.06. The van der Waals surface area contributed by atoms with Gasteiger partial charge in [0.2, 0.25) is 0 Å². The molecule has 0 saturated carbocycles. The molecule has 0 amide bonds. The highest BCUT2D eigenvalue weighted by Crippen LogP contribution is 2.33. The molecule has 0 radical (unpaired) electrons. The van der Waals surface area contributed by atoms with Gasteiger partial charge in [0.25, 0.3) is 0 Å². The molecule has 0 atom stereocenters. The molecule has 148 valence electrons. The predicted molar refractivity (Wildman–Crippen MR) is 116 cm³/mol. The molecule has 0 fully saturated rings. The van der Waals surface area contributed by atoms with Crippen molar-refractivity contribution in [3.63, 3.8) is 0 Å². The van der Waals surface area contributed by atoms with Gasteiger partial charge in [0.05, 0.1) is 17.2 Å². The summed E-state index contributed by atoms with van der Waals surface area (Å²) < 4.78 is 2.06. The van der Waals surface area contributed by atoms with Gasteiger partial charge in [-0.25, -0.2) is 4.79 Å². The molecule has 0 unspecified atom stereocenters. The highest BCUT2D eigenvalue weighted by molar-refractivity contribution is 6.32. The summed E-state index contributed by atoms with van der Waals surface area (Å²) in [5.74, 6) is -1.04. The van der Waals surface area contributed by atoms with Crippen LogP contribution in [0.25, 0.3) is 17.2 Å². The first-order valence-corrected chi connectivity index (χ1v) is 9.53. The minimum absolute atomic E-state index is 0.466. The molecule has 5 nitrogen and oxygen atoms in total. The number of hydrogen-bond donors (Lipinski definition) is 1. The van der Waals surface area contributed by atoms with Crippen LogP contribution in [0.2, 0.25) is 5.02 Å². The average Bonchev–Trinajstić information content (AvgIpc) is 2.98. The second kappa shape index (κ2) is 8.69. The van der Waals surface area contributed by atoms with E-state index in [4.69, 9.17) is 22.0 Å². The molecule has 0 aliphatic rings. The van der Waals surface area contributed by atoms with Crippen LogP contribution in [-0.4, -0.2) is 15.6 Å². The van der Waals surface area contributed by atoms with Crippen molar-refractivity contribution < 1.29 is 9.90 Å². The highest BCUT2D eigenvalue weighted by Gasteiger charge is 2.19. The van der Waals surface area contributed by atoms with Crippen molar-refractivity contribution in [2.24, 2.45) is 0 Å². The van der Waals surface area contributed by atoms with Crippen LogP contribution in [0.15, 0.2) is 48.5 Å². The topological polar surface area (TPSA) is 89.8 Å². The SMILES string of the molecule is Cc1c(C#N)c(-c2ccc(C#N)cc2)c(C)n1Cc1ccc(Cl)c(C=CC(=O)O)c1. The Morgan fingerprint density at radius 2 is 1.80 bits per heavy atom. The van der Waals surface area contributed by atoms with E-state index in [1.165, 1.54) is 6.08 Å². The lowest BCUT2D eigenvalue weighted by Gasteiger charge is -2.11. The van der Waals surface area contributed by atoms with Gasteiger partial charge in [-0.3, -0.25) is 0 Å². The molecule has 1 heterocycles. The molecule has 1 N–H and O–H groups in total. The number of hydrogen-bond acceptors (Lipinski definition) is 3. The molecule has 3 rings (SSSR count). The Morgan fingerprint density at radius 1 is 1.10 bits per heavy atom. The lowest BCUT2D eigenvalue weighted by Crippen LogP contribution is -2.04. The lowest BCUT2D eigenvalue weighted by molar-refractivity contribution is -0.131. The largest absolute Gasteiger partial charge is 0.478 e. The number of aliphatic carboxylic acids is 1. The predicted octanol–water partition coefficient (Wildman–Crippen LogP) is 5.31. The van der Waals surface area contributed by atoms with Crippen molar-refractivity contribution >= 4 is 23.6 Å². The Hall–Kier alpha value is -3.80. The van der Waals surface area contributed by atoms with Crippen LogP contribution < -0.4 is 0 Å². The molecule has 0 saturated heterocycles. The number of carboxylic acids is 1. The average molecular weight is 416 g/mol. The third kappa shape index (κ3) is 4.12. The van der Waals surface area contributed by atoms with E-state index in [9.17, 15) is 10.1 Å². The maximum atomic E-state index is 10.8. The maximum Gasteiger partial charge on any atom is 0.328 e. The second-order valence-electron chi connectivity index (χ2n) is 6.84. The third-order valence-corrected chi connectivity index (χ3v) is 5.35. The normalized spacial score (nSPS) is 10.7.